The fraction of sp³-hybridized carbons (Fsp3) is 0.357. The summed E-state index contributed by atoms with van der Waals surface area (Å²) in [5.74, 6) is 0.0920. The van der Waals surface area contributed by atoms with Gasteiger partial charge in [-0.05, 0) is 19.1 Å². The van der Waals surface area contributed by atoms with Crippen molar-refractivity contribution in [1.82, 2.24) is 15.3 Å². The van der Waals surface area contributed by atoms with E-state index in [-0.39, 0.29) is 11.6 Å². The Balaban J connectivity index is 1.90. The highest BCUT2D eigenvalue weighted by Gasteiger charge is 2.22. The van der Waals surface area contributed by atoms with E-state index in [1.165, 1.54) is 0 Å². The number of anilines is 2. The second-order valence-electron chi connectivity index (χ2n) is 4.90. The van der Waals surface area contributed by atoms with E-state index in [1.807, 2.05) is 6.92 Å². The van der Waals surface area contributed by atoms with E-state index < -0.39 is 0 Å². The van der Waals surface area contributed by atoms with E-state index in [9.17, 15) is 4.79 Å². The monoisotopic (exact) mass is 303 g/mol. The number of rotatable bonds is 3. The van der Waals surface area contributed by atoms with Crippen LogP contribution in [0.4, 0.5) is 10.9 Å². The van der Waals surface area contributed by atoms with Gasteiger partial charge < -0.3 is 16.0 Å². The fourth-order valence-corrected chi connectivity index (χ4v) is 3.28. The number of aryl methyl sites for hydroxylation is 1. The van der Waals surface area contributed by atoms with Crippen LogP contribution in [0.5, 0.6) is 0 Å². The van der Waals surface area contributed by atoms with Crippen LogP contribution < -0.4 is 16.0 Å². The SMILES string of the molecule is Cc1sc(N2CCNCC2)nc1C(=O)c1cccnc1N. The molecule has 1 fully saturated rings. The summed E-state index contributed by atoms with van der Waals surface area (Å²) in [6.07, 6.45) is 1.58. The van der Waals surface area contributed by atoms with Gasteiger partial charge in [0.05, 0.1) is 5.56 Å². The summed E-state index contributed by atoms with van der Waals surface area (Å²) in [5.41, 5.74) is 6.68. The molecule has 3 rings (SSSR count). The summed E-state index contributed by atoms with van der Waals surface area (Å²) < 4.78 is 0. The minimum atomic E-state index is -0.157. The molecule has 21 heavy (non-hydrogen) atoms. The lowest BCUT2D eigenvalue weighted by molar-refractivity contribution is 0.103. The quantitative estimate of drug-likeness (QED) is 0.825. The van der Waals surface area contributed by atoms with Crippen LogP contribution in [0.1, 0.15) is 20.9 Å². The van der Waals surface area contributed by atoms with Crippen molar-refractivity contribution < 1.29 is 4.79 Å². The number of carbonyl (C=O) groups excluding carboxylic acids is 1. The van der Waals surface area contributed by atoms with Gasteiger partial charge in [-0.2, -0.15) is 0 Å². The molecule has 0 saturated carbocycles. The molecule has 0 radical (unpaired) electrons. The Kier molecular flexibility index (Phi) is 3.85. The molecule has 110 valence electrons. The standard InChI is InChI=1S/C14H17N5OS/c1-9-11(12(20)10-3-2-4-17-13(10)15)18-14(21-9)19-7-5-16-6-8-19/h2-4,16H,5-8H2,1H3,(H2,15,17). The Morgan fingerprint density at radius 3 is 2.90 bits per heavy atom. The summed E-state index contributed by atoms with van der Waals surface area (Å²) in [7, 11) is 0. The Morgan fingerprint density at radius 2 is 2.19 bits per heavy atom. The van der Waals surface area contributed by atoms with Gasteiger partial charge in [0, 0.05) is 37.3 Å². The van der Waals surface area contributed by atoms with Gasteiger partial charge in [0.1, 0.15) is 11.5 Å². The third kappa shape index (κ3) is 2.74. The number of pyridine rings is 1. The van der Waals surface area contributed by atoms with Gasteiger partial charge >= 0.3 is 0 Å². The van der Waals surface area contributed by atoms with E-state index in [4.69, 9.17) is 5.73 Å². The molecule has 0 atom stereocenters. The van der Waals surface area contributed by atoms with Gasteiger partial charge in [-0.15, -0.1) is 11.3 Å². The molecule has 0 bridgehead atoms. The molecule has 1 aliphatic rings. The number of nitrogens with one attached hydrogen (secondary N) is 1. The molecule has 1 aliphatic heterocycles. The van der Waals surface area contributed by atoms with Gasteiger partial charge in [-0.1, -0.05) is 0 Å². The third-order valence-electron chi connectivity index (χ3n) is 3.47. The molecule has 0 aliphatic carbocycles. The van der Waals surface area contributed by atoms with Crippen LogP contribution >= 0.6 is 11.3 Å². The zero-order valence-electron chi connectivity index (χ0n) is 11.8. The normalized spacial score (nSPS) is 15.2. The number of ketones is 1. The predicted octanol–water partition coefficient (Wildman–Crippen LogP) is 1.07. The molecule has 6 nitrogen and oxygen atoms in total. The Morgan fingerprint density at radius 1 is 1.43 bits per heavy atom. The fourth-order valence-electron chi connectivity index (χ4n) is 2.32. The van der Waals surface area contributed by atoms with Crippen LogP contribution in [0.15, 0.2) is 18.3 Å². The van der Waals surface area contributed by atoms with Crippen molar-refractivity contribution >= 4 is 28.1 Å². The molecular formula is C14H17N5OS. The van der Waals surface area contributed by atoms with Crippen LogP contribution in [0.3, 0.4) is 0 Å². The topological polar surface area (TPSA) is 84.1 Å². The Labute approximate surface area is 127 Å². The van der Waals surface area contributed by atoms with Crippen molar-refractivity contribution in [2.24, 2.45) is 0 Å². The minimum absolute atomic E-state index is 0.157. The smallest absolute Gasteiger partial charge is 0.216 e. The maximum Gasteiger partial charge on any atom is 0.216 e. The molecule has 2 aromatic heterocycles. The van der Waals surface area contributed by atoms with Crippen LogP contribution in [0.2, 0.25) is 0 Å². The largest absolute Gasteiger partial charge is 0.383 e. The van der Waals surface area contributed by atoms with Gasteiger partial charge in [0.2, 0.25) is 5.78 Å². The van der Waals surface area contributed by atoms with Crippen LogP contribution in [0.25, 0.3) is 0 Å². The second kappa shape index (κ2) is 5.79. The summed E-state index contributed by atoms with van der Waals surface area (Å²) >= 11 is 1.55. The van der Waals surface area contributed by atoms with Crippen molar-refractivity contribution in [3.05, 3.63) is 34.5 Å². The minimum Gasteiger partial charge on any atom is -0.383 e. The number of nitrogen functional groups attached to an aromatic ring is 1. The van der Waals surface area contributed by atoms with Gasteiger partial charge in [0.15, 0.2) is 5.13 Å². The van der Waals surface area contributed by atoms with Crippen LogP contribution in [0, 0.1) is 6.92 Å². The number of hydrogen-bond donors (Lipinski definition) is 2. The number of aromatic nitrogens is 2. The summed E-state index contributed by atoms with van der Waals surface area (Å²) in [6, 6.07) is 3.40. The van der Waals surface area contributed by atoms with Gasteiger partial charge in [0.25, 0.3) is 0 Å². The first-order chi connectivity index (χ1) is 10.2. The number of carbonyl (C=O) groups is 1. The average Bonchev–Trinajstić information content (AvgIpc) is 2.90. The van der Waals surface area contributed by atoms with Crippen molar-refractivity contribution in [2.75, 3.05) is 36.8 Å². The summed E-state index contributed by atoms with van der Waals surface area (Å²) in [6.45, 7) is 5.63. The zero-order valence-corrected chi connectivity index (χ0v) is 12.6. The number of nitrogens with two attached hydrogens (primary N) is 1. The summed E-state index contributed by atoms with van der Waals surface area (Å²) in [5, 5.41) is 4.21. The van der Waals surface area contributed by atoms with E-state index in [0.717, 1.165) is 36.2 Å². The number of nitrogens with zero attached hydrogens (tertiary/aromatic N) is 3. The van der Waals surface area contributed by atoms with E-state index >= 15 is 0 Å². The van der Waals surface area contributed by atoms with Crippen molar-refractivity contribution in [1.29, 1.82) is 0 Å². The maximum absolute atomic E-state index is 12.6. The molecule has 0 amide bonds. The molecule has 3 N–H and O–H groups in total. The third-order valence-corrected chi connectivity index (χ3v) is 4.50. The number of piperazine rings is 1. The lowest BCUT2D eigenvalue weighted by atomic mass is 10.1. The zero-order chi connectivity index (χ0) is 14.8. The first-order valence-corrected chi connectivity index (χ1v) is 7.67. The molecule has 2 aromatic rings. The summed E-state index contributed by atoms with van der Waals surface area (Å²) in [4.78, 5) is 24.2. The highest BCUT2D eigenvalue weighted by atomic mass is 32.1. The number of thiazole rings is 1. The highest BCUT2D eigenvalue weighted by molar-refractivity contribution is 7.15. The van der Waals surface area contributed by atoms with Crippen molar-refractivity contribution in [3.63, 3.8) is 0 Å². The average molecular weight is 303 g/mol. The second-order valence-corrected chi connectivity index (χ2v) is 6.09. The molecular weight excluding hydrogens is 286 g/mol. The van der Waals surface area contributed by atoms with Crippen LogP contribution in [-0.4, -0.2) is 41.9 Å². The van der Waals surface area contributed by atoms with Gasteiger partial charge in [-0.25, -0.2) is 9.97 Å². The highest BCUT2D eigenvalue weighted by Crippen LogP contribution is 2.28. The van der Waals surface area contributed by atoms with Crippen LogP contribution in [-0.2, 0) is 0 Å². The van der Waals surface area contributed by atoms with Gasteiger partial charge in [-0.3, -0.25) is 4.79 Å². The van der Waals surface area contributed by atoms with Crippen molar-refractivity contribution in [2.45, 2.75) is 6.92 Å². The molecule has 0 spiro atoms. The molecule has 0 aromatic carbocycles. The molecule has 3 heterocycles. The Hall–Kier alpha value is -1.99. The van der Waals surface area contributed by atoms with Crippen molar-refractivity contribution in [3.8, 4) is 0 Å². The molecule has 1 saturated heterocycles. The Bertz CT molecular complexity index is 663. The van der Waals surface area contributed by atoms with E-state index in [0.29, 0.717) is 11.3 Å². The predicted molar refractivity (Wildman–Crippen MR) is 84.0 cm³/mol. The molecule has 0 unspecified atom stereocenters. The lowest BCUT2D eigenvalue weighted by Crippen LogP contribution is -2.43. The maximum atomic E-state index is 12.6. The molecule has 7 heteroatoms. The van der Waals surface area contributed by atoms with E-state index in [1.54, 1.807) is 29.7 Å². The number of hydrogen-bond acceptors (Lipinski definition) is 7. The lowest BCUT2D eigenvalue weighted by Gasteiger charge is -2.26. The van der Waals surface area contributed by atoms with E-state index in [2.05, 4.69) is 20.2 Å². The first-order valence-electron chi connectivity index (χ1n) is 6.85. The first kappa shape index (κ1) is 14.0.